The lowest BCUT2D eigenvalue weighted by Gasteiger charge is -2.33. The van der Waals surface area contributed by atoms with E-state index in [0.29, 0.717) is 17.3 Å². The van der Waals surface area contributed by atoms with E-state index in [1.54, 1.807) is 6.92 Å². The summed E-state index contributed by atoms with van der Waals surface area (Å²) in [6, 6.07) is 9.17. The highest BCUT2D eigenvalue weighted by atomic mass is 32.2. The number of anilines is 1. The molecule has 0 heterocycles. The third-order valence-electron chi connectivity index (χ3n) is 5.41. The van der Waals surface area contributed by atoms with Crippen molar-refractivity contribution in [2.75, 3.05) is 23.7 Å². The summed E-state index contributed by atoms with van der Waals surface area (Å²) in [5, 5.41) is 2.84. The van der Waals surface area contributed by atoms with Crippen molar-refractivity contribution < 1.29 is 26.8 Å². The van der Waals surface area contributed by atoms with Crippen LogP contribution in [0.1, 0.15) is 38.3 Å². The quantitative estimate of drug-likeness (QED) is 0.501. The van der Waals surface area contributed by atoms with Crippen molar-refractivity contribution in [2.24, 2.45) is 5.92 Å². The first kappa shape index (κ1) is 28.2. The van der Waals surface area contributed by atoms with Crippen LogP contribution in [0.3, 0.4) is 0 Å². The third-order valence-corrected chi connectivity index (χ3v) is 6.55. The Kier molecular flexibility index (Phi) is 9.76. The number of hydrogen-bond acceptors (Lipinski definition) is 4. The van der Waals surface area contributed by atoms with Crippen molar-refractivity contribution in [3.8, 4) is 0 Å². The molecule has 0 aromatic heterocycles. The minimum absolute atomic E-state index is 0.0715. The van der Waals surface area contributed by atoms with Gasteiger partial charge in [-0.2, -0.15) is 0 Å². The van der Waals surface area contributed by atoms with Gasteiger partial charge in [-0.1, -0.05) is 50.6 Å². The maximum absolute atomic E-state index is 13.8. The minimum Gasteiger partial charge on any atom is -0.354 e. The summed E-state index contributed by atoms with van der Waals surface area (Å²) in [6.45, 7) is 7.40. The maximum atomic E-state index is 13.8. The number of hydrogen-bond donors (Lipinski definition) is 1. The lowest BCUT2D eigenvalue weighted by molar-refractivity contribution is -0.140. The Bertz CT molecular complexity index is 1140. The second-order valence-electron chi connectivity index (χ2n) is 8.94. The number of halogens is 2. The molecule has 0 aliphatic heterocycles. The Morgan fingerprint density at radius 1 is 1.03 bits per heavy atom. The predicted molar refractivity (Wildman–Crippen MR) is 132 cm³/mol. The Morgan fingerprint density at radius 2 is 1.66 bits per heavy atom. The van der Waals surface area contributed by atoms with Gasteiger partial charge in [0.1, 0.15) is 12.6 Å². The van der Waals surface area contributed by atoms with Crippen molar-refractivity contribution >= 4 is 27.5 Å². The number of carbonyl (C=O) groups is 2. The summed E-state index contributed by atoms with van der Waals surface area (Å²) in [4.78, 5) is 27.8. The molecule has 0 radical (unpaired) electrons. The average Bonchev–Trinajstić information content (AvgIpc) is 2.78. The fraction of sp³-hybridized carbons (Fsp3) is 0.440. The van der Waals surface area contributed by atoms with Crippen LogP contribution >= 0.6 is 0 Å². The highest BCUT2D eigenvalue weighted by molar-refractivity contribution is 7.92. The molecule has 7 nitrogen and oxygen atoms in total. The summed E-state index contributed by atoms with van der Waals surface area (Å²) in [6.07, 6.45) is 1.17. The maximum Gasteiger partial charge on any atom is 0.244 e. The fourth-order valence-corrected chi connectivity index (χ4v) is 4.33. The van der Waals surface area contributed by atoms with Crippen molar-refractivity contribution in [3.05, 3.63) is 65.2 Å². The topological polar surface area (TPSA) is 86.8 Å². The average molecular weight is 510 g/mol. The van der Waals surface area contributed by atoms with Gasteiger partial charge in [0.2, 0.25) is 21.8 Å². The summed E-state index contributed by atoms with van der Waals surface area (Å²) in [5.74, 6) is -3.17. The molecule has 2 amide bonds. The van der Waals surface area contributed by atoms with E-state index in [-0.39, 0.29) is 24.1 Å². The van der Waals surface area contributed by atoms with Crippen molar-refractivity contribution in [2.45, 2.75) is 46.7 Å². The molecule has 2 aromatic carbocycles. The summed E-state index contributed by atoms with van der Waals surface area (Å²) in [7, 11) is -4.03. The van der Waals surface area contributed by atoms with Crippen LogP contribution in [0.25, 0.3) is 0 Å². The van der Waals surface area contributed by atoms with E-state index < -0.39 is 40.2 Å². The first-order chi connectivity index (χ1) is 16.3. The molecule has 0 aliphatic rings. The second kappa shape index (κ2) is 12.1. The molecule has 2 aromatic rings. The number of amides is 2. The summed E-state index contributed by atoms with van der Waals surface area (Å²) in [5.41, 5.74) is 1.60. The molecular formula is C25H33F2N3O4S. The molecule has 0 bridgehead atoms. The van der Waals surface area contributed by atoms with Crippen molar-refractivity contribution in [1.29, 1.82) is 0 Å². The normalized spacial score (nSPS) is 12.3. The summed E-state index contributed by atoms with van der Waals surface area (Å²) < 4.78 is 53.0. The van der Waals surface area contributed by atoms with Crippen LogP contribution in [0, 0.1) is 24.5 Å². The number of carbonyl (C=O) groups excluding carboxylic acids is 2. The van der Waals surface area contributed by atoms with E-state index in [1.165, 1.54) is 4.90 Å². The Balaban J connectivity index is 2.43. The second-order valence-corrected chi connectivity index (χ2v) is 10.8. The van der Waals surface area contributed by atoms with E-state index in [4.69, 9.17) is 0 Å². The molecule has 35 heavy (non-hydrogen) atoms. The Morgan fingerprint density at radius 3 is 2.17 bits per heavy atom. The number of rotatable bonds is 11. The van der Waals surface area contributed by atoms with Crippen LogP contribution in [0.5, 0.6) is 0 Å². The van der Waals surface area contributed by atoms with Gasteiger partial charge < -0.3 is 10.2 Å². The molecular weight excluding hydrogens is 476 g/mol. The fourth-order valence-electron chi connectivity index (χ4n) is 3.49. The number of nitrogens with zero attached hydrogens (tertiary/aromatic N) is 2. The van der Waals surface area contributed by atoms with Gasteiger partial charge in [-0.05, 0) is 37.0 Å². The Labute approximate surface area is 206 Å². The highest BCUT2D eigenvalue weighted by Gasteiger charge is 2.32. The van der Waals surface area contributed by atoms with E-state index >= 15 is 0 Å². The molecule has 1 N–H and O–H groups in total. The zero-order chi connectivity index (χ0) is 26.3. The van der Waals surface area contributed by atoms with Gasteiger partial charge in [-0.25, -0.2) is 17.2 Å². The van der Waals surface area contributed by atoms with Crippen LogP contribution in [-0.2, 0) is 26.2 Å². The zero-order valence-electron chi connectivity index (χ0n) is 20.7. The predicted octanol–water partition coefficient (Wildman–Crippen LogP) is 3.62. The van der Waals surface area contributed by atoms with Gasteiger partial charge in [0.25, 0.3) is 0 Å². The Hall–Kier alpha value is -3.01. The number of aryl methyl sites for hydroxylation is 1. The van der Waals surface area contributed by atoms with Gasteiger partial charge in [-0.15, -0.1) is 0 Å². The molecule has 0 spiro atoms. The van der Waals surface area contributed by atoms with Crippen LogP contribution in [-0.4, -0.2) is 50.5 Å². The summed E-state index contributed by atoms with van der Waals surface area (Å²) >= 11 is 0. The van der Waals surface area contributed by atoms with E-state index in [9.17, 15) is 26.8 Å². The van der Waals surface area contributed by atoms with Gasteiger partial charge in [0.05, 0.1) is 11.9 Å². The SMILES string of the molecule is CCC(C(=O)NCC(C)C)N(Cc1ccc(C)cc1)C(=O)CN(c1ccc(F)c(F)c1)S(C)(=O)=O. The lowest BCUT2D eigenvalue weighted by atomic mass is 10.1. The largest absolute Gasteiger partial charge is 0.354 e. The van der Waals surface area contributed by atoms with Gasteiger partial charge in [-0.3, -0.25) is 13.9 Å². The first-order valence-corrected chi connectivity index (χ1v) is 13.2. The van der Waals surface area contributed by atoms with E-state index in [2.05, 4.69) is 5.32 Å². The van der Waals surface area contributed by atoms with Gasteiger partial charge >= 0.3 is 0 Å². The van der Waals surface area contributed by atoms with Crippen LogP contribution in [0.4, 0.5) is 14.5 Å². The lowest BCUT2D eigenvalue weighted by Crippen LogP contribution is -2.52. The molecule has 0 fully saturated rings. The number of sulfonamides is 1. The van der Waals surface area contributed by atoms with E-state index in [0.717, 1.165) is 35.6 Å². The minimum atomic E-state index is -4.03. The molecule has 0 saturated carbocycles. The first-order valence-electron chi connectivity index (χ1n) is 11.4. The molecule has 0 aliphatic carbocycles. The molecule has 0 saturated heterocycles. The third kappa shape index (κ3) is 8.02. The standard InChI is InChI=1S/C25H33F2N3O4S/c1-6-23(25(32)28-14-17(2)3)29(15-19-9-7-18(4)8-10-19)24(31)16-30(35(5,33)34)20-11-12-21(26)22(27)13-20/h7-13,17,23H,6,14-16H2,1-5H3,(H,28,32). The van der Waals surface area contributed by atoms with Gasteiger partial charge in [0.15, 0.2) is 11.6 Å². The highest BCUT2D eigenvalue weighted by Crippen LogP contribution is 2.22. The molecule has 2 rings (SSSR count). The van der Waals surface area contributed by atoms with Crippen LogP contribution in [0.15, 0.2) is 42.5 Å². The van der Waals surface area contributed by atoms with Crippen LogP contribution in [0.2, 0.25) is 0 Å². The molecule has 10 heteroatoms. The number of nitrogens with one attached hydrogen (secondary N) is 1. The molecule has 1 unspecified atom stereocenters. The zero-order valence-corrected chi connectivity index (χ0v) is 21.5. The number of benzene rings is 2. The monoisotopic (exact) mass is 509 g/mol. The molecule has 1 atom stereocenters. The van der Waals surface area contributed by atoms with Crippen molar-refractivity contribution in [1.82, 2.24) is 10.2 Å². The van der Waals surface area contributed by atoms with Crippen molar-refractivity contribution in [3.63, 3.8) is 0 Å². The van der Waals surface area contributed by atoms with Gasteiger partial charge in [0, 0.05) is 19.2 Å². The smallest absolute Gasteiger partial charge is 0.244 e. The van der Waals surface area contributed by atoms with E-state index in [1.807, 2.05) is 45.0 Å². The van der Waals surface area contributed by atoms with Crippen LogP contribution < -0.4 is 9.62 Å². The molecule has 192 valence electrons.